The second-order valence-corrected chi connectivity index (χ2v) is 4.68. The van der Waals surface area contributed by atoms with Crippen LogP contribution in [0.15, 0.2) is 41.1 Å². The van der Waals surface area contributed by atoms with Crippen molar-refractivity contribution in [3.63, 3.8) is 0 Å². The average molecular weight is 312 g/mol. The fourth-order valence-electron chi connectivity index (χ4n) is 1.39. The van der Waals surface area contributed by atoms with Gasteiger partial charge >= 0.3 is 0 Å². The van der Waals surface area contributed by atoms with Crippen LogP contribution in [-0.2, 0) is 0 Å². The Kier molecular flexibility index (Phi) is 3.45. The molecule has 0 aliphatic heterocycles. The molecule has 0 amide bonds. The molecule has 0 saturated heterocycles. The third-order valence-corrected chi connectivity index (χ3v) is 3.50. The number of hydrogen-bond donors (Lipinski definition) is 1. The lowest BCUT2D eigenvalue weighted by Gasteiger charge is -2.05. The Bertz CT molecular complexity index is 586. The molecule has 86 valence electrons. The molecular formula is C12H8BrClN2O. The van der Waals surface area contributed by atoms with E-state index in [0.717, 1.165) is 0 Å². The molecule has 2 aromatic rings. The summed E-state index contributed by atoms with van der Waals surface area (Å²) in [6, 6.07) is 6.57. The van der Waals surface area contributed by atoms with Crippen molar-refractivity contribution in [2.75, 3.05) is 5.73 Å². The summed E-state index contributed by atoms with van der Waals surface area (Å²) in [5.74, 6) is -0.173. The Labute approximate surface area is 112 Å². The number of carbonyl (C=O) groups is 1. The molecule has 0 unspecified atom stereocenters. The van der Waals surface area contributed by atoms with Crippen molar-refractivity contribution in [3.05, 3.63) is 57.3 Å². The molecule has 1 aromatic heterocycles. The SMILES string of the molecule is Nc1ccncc1C(=O)c1ccc(Cl)c(Br)c1. The third-order valence-electron chi connectivity index (χ3n) is 2.28. The molecule has 0 bridgehead atoms. The summed E-state index contributed by atoms with van der Waals surface area (Å²) in [6.07, 6.45) is 3.00. The van der Waals surface area contributed by atoms with E-state index >= 15 is 0 Å². The van der Waals surface area contributed by atoms with Crippen LogP contribution >= 0.6 is 27.5 Å². The van der Waals surface area contributed by atoms with Crippen molar-refractivity contribution in [2.24, 2.45) is 0 Å². The zero-order valence-electron chi connectivity index (χ0n) is 8.65. The molecule has 1 heterocycles. The van der Waals surface area contributed by atoms with Crippen LogP contribution in [-0.4, -0.2) is 10.8 Å². The molecule has 0 aliphatic rings. The zero-order chi connectivity index (χ0) is 12.4. The number of rotatable bonds is 2. The summed E-state index contributed by atoms with van der Waals surface area (Å²) in [6.45, 7) is 0. The Balaban J connectivity index is 2.44. The molecule has 0 saturated carbocycles. The normalized spacial score (nSPS) is 10.2. The number of ketones is 1. The minimum Gasteiger partial charge on any atom is -0.398 e. The van der Waals surface area contributed by atoms with Crippen LogP contribution in [0, 0.1) is 0 Å². The van der Waals surface area contributed by atoms with Gasteiger partial charge in [0.2, 0.25) is 0 Å². The first-order chi connectivity index (χ1) is 8.09. The Morgan fingerprint density at radius 1 is 1.35 bits per heavy atom. The number of nitrogens with zero attached hydrogens (tertiary/aromatic N) is 1. The van der Waals surface area contributed by atoms with Crippen LogP contribution in [0.3, 0.4) is 0 Å². The highest BCUT2D eigenvalue weighted by Crippen LogP contribution is 2.25. The standard InChI is InChI=1S/C12H8BrClN2O/c13-9-5-7(1-2-10(9)14)12(17)8-6-16-4-3-11(8)15/h1-6H,(H2,15,16). The predicted molar refractivity (Wildman–Crippen MR) is 71.2 cm³/mol. The van der Waals surface area contributed by atoms with Crippen LogP contribution in [0.25, 0.3) is 0 Å². The third kappa shape index (κ3) is 2.48. The maximum atomic E-state index is 12.1. The first-order valence-electron chi connectivity index (χ1n) is 4.79. The second kappa shape index (κ2) is 4.85. The first-order valence-corrected chi connectivity index (χ1v) is 5.96. The molecular weight excluding hydrogens is 304 g/mol. The monoisotopic (exact) mass is 310 g/mol. The van der Waals surface area contributed by atoms with Gasteiger partial charge in [0, 0.05) is 28.1 Å². The topological polar surface area (TPSA) is 56.0 Å². The van der Waals surface area contributed by atoms with Gasteiger partial charge in [0.15, 0.2) is 5.78 Å². The molecule has 0 aliphatic carbocycles. The highest BCUT2D eigenvalue weighted by molar-refractivity contribution is 9.10. The lowest BCUT2D eigenvalue weighted by molar-refractivity contribution is 0.103. The van der Waals surface area contributed by atoms with Crippen LogP contribution in [0.1, 0.15) is 15.9 Å². The summed E-state index contributed by atoms with van der Waals surface area (Å²) >= 11 is 9.14. The molecule has 0 fully saturated rings. The molecule has 1 aromatic carbocycles. The van der Waals surface area contributed by atoms with E-state index < -0.39 is 0 Å². The highest BCUT2D eigenvalue weighted by Gasteiger charge is 2.13. The van der Waals surface area contributed by atoms with Gasteiger partial charge in [0.25, 0.3) is 0 Å². The minimum absolute atomic E-state index is 0.173. The largest absolute Gasteiger partial charge is 0.398 e. The Hall–Kier alpha value is -1.39. The van der Waals surface area contributed by atoms with Gasteiger partial charge < -0.3 is 5.73 Å². The van der Waals surface area contributed by atoms with E-state index in [2.05, 4.69) is 20.9 Å². The van der Waals surface area contributed by atoms with Crippen LogP contribution in [0.4, 0.5) is 5.69 Å². The van der Waals surface area contributed by atoms with E-state index in [1.807, 2.05) is 0 Å². The zero-order valence-corrected chi connectivity index (χ0v) is 11.0. The number of anilines is 1. The lowest BCUT2D eigenvalue weighted by atomic mass is 10.0. The smallest absolute Gasteiger partial charge is 0.196 e. The number of nitrogens with two attached hydrogens (primary N) is 1. The maximum Gasteiger partial charge on any atom is 0.196 e. The van der Waals surface area contributed by atoms with Crippen molar-refractivity contribution in [1.29, 1.82) is 0 Å². The van der Waals surface area contributed by atoms with E-state index in [4.69, 9.17) is 17.3 Å². The number of nitrogen functional groups attached to an aromatic ring is 1. The molecule has 2 N–H and O–H groups in total. The van der Waals surface area contributed by atoms with E-state index in [-0.39, 0.29) is 5.78 Å². The number of halogens is 2. The molecule has 0 atom stereocenters. The Morgan fingerprint density at radius 2 is 2.12 bits per heavy atom. The number of hydrogen-bond acceptors (Lipinski definition) is 3. The van der Waals surface area contributed by atoms with Crippen LogP contribution in [0.5, 0.6) is 0 Å². The highest BCUT2D eigenvalue weighted by atomic mass is 79.9. The average Bonchev–Trinajstić information content (AvgIpc) is 2.32. The van der Waals surface area contributed by atoms with Crippen molar-refractivity contribution in [2.45, 2.75) is 0 Å². The van der Waals surface area contributed by atoms with Crippen LogP contribution in [0.2, 0.25) is 5.02 Å². The van der Waals surface area contributed by atoms with Gasteiger partial charge in [-0.15, -0.1) is 0 Å². The quantitative estimate of drug-likeness (QED) is 0.866. The number of aromatic nitrogens is 1. The predicted octanol–water partition coefficient (Wildman–Crippen LogP) is 3.31. The van der Waals surface area contributed by atoms with Gasteiger partial charge in [0.1, 0.15) is 0 Å². The maximum absolute atomic E-state index is 12.1. The number of pyridine rings is 1. The number of carbonyl (C=O) groups excluding carboxylic acids is 1. The molecule has 3 nitrogen and oxygen atoms in total. The fraction of sp³-hybridized carbons (Fsp3) is 0. The van der Waals surface area contributed by atoms with E-state index in [1.165, 1.54) is 6.20 Å². The lowest BCUT2D eigenvalue weighted by Crippen LogP contribution is -2.05. The van der Waals surface area contributed by atoms with E-state index in [9.17, 15) is 4.79 Å². The van der Waals surface area contributed by atoms with E-state index in [1.54, 1.807) is 30.5 Å². The second-order valence-electron chi connectivity index (χ2n) is 3.42. The van der Waals surface area contributed by atoms with Crippen LogP contribution < -0.4 is 5.73 Å². The van der Waals surface area contributed by atoms with Crippen molar-refractivity contribution in [1.82, 2.24) is 4.98 Å². The summed E-state index contributed by atoms with van der Waals surface area (Å²) in [5.41, 5.74) is 7.05. The van der Waals surface area contributed by atoms with E-state index in [0.29, 0.717) is 26.3 Å². The first kappa shape index (κ1) is 12.1. The van der Waals surface area contributed by atoms with Crippen molar-refractivity contribution < 1.29 is 4.79 Å². The summed E-state index contributed by atoms with van der Waals surface area (Å²) in [7, 11) is 0. The molecule has 5 heteroatoms. The van der Waals surface area contributed by atoms with Crippen molar-refractivity contribution >= 4 is 39.0 Å². The van der Waals surface area contributed by atoms with Gasteiger partial charge in [-0.3, -0.25) is 9.78 Å². The Morgan fingerprint density at radius 3 is 2.76 bits per heavy atom. The summed E-state index contributed by atoms with van der Waals surface area (Å²) in [5, 5.41) is 0.556. The van der Waals surface area contributed by atoms with Gasteiger partial charge in [-0.25, -0.2) is 0 Å². The molecule has 17 heavy (non-hydrogen) atoms. The minimum atomic E-state index is -0.173. The molecule has 0 spiro atoms. The molecule has 0 radical (unpaired) electrons. The fourth-order valence-corrected chi connectivity index (χ4v) is 1.88. The summed E-state index contributed by atoms with van der Waals surface area (Å²) < 4.78 is 0.674. The summed E-state index contributed by atoms with van der Waals surface area (Å²) in [4.78, 5) is 16.0. The number of benzene rings is 1. The molecule has 2 rings (SSSR count). The van der Waals surface area contributed by atoms with Gasteiger partial charge in [-0.2, -0.15) is 0 Å². The van der Waals surface area contributed by atoms with Gasteiger partial charge in [0.05, 0.1) is 10.6 Å². The van der Waals surface area contributed by atoms with Gasteiger partial charge in [-0.05, 0) is 40.2 Å². The van der Waals surface area contributed by atoms with Crippen molar-refractivity contribution in [3.8, 4) is 0 Å². The van der Waals surface area contributed by atoms with Gasteiger partial charge in [-0.1, -0.05) is 11.6 Å².